The number of nitrogens with one attached hydrogen (secondary N) is 3. The zero-order valence-corrected chi connectivity index (χ0v) is 59.2. The monoisotopic (exact) mass is 1380 g/mol. The molecule has 28 heteroatoms. The molecule has 12 amide bonds. The molecule has 3 heterocycles. The van der Waals surface area contributed by atoms with Gasteiger partial charge in [0.25, 0.3) is 0 Å². The molecule has 7 rings (SSSR count). The van der Waals surface area contributed by atoms with E-state index in [4.69, 9.17) is 0 Å². The van der Waals surface area contributed by atoms with E-state index in [2.05, 4.69) is 16.0 Å². The molecule has 3 aliphatic heterocycles. The van der Waals surface area contributed by atoms with Gasteiger partial charge in [0, 0.05) is 69.0 Å². The number of halogens is 4. The number of amides is 12. The fourth-order valence-corrected chi connectivity index (χ4v) is 15.2. The molecular formula is C70H106F4N12O12. The van der Waals surface area contributed by atoms with Crippen LogP contribution in [-0.4, -0.2) is 251 Å². The minimum atomic E-state index is -5.00. The molecule has 8 atom stereocenters. The molecule has 24 nitrogen and oxygen atoms in total. The molecule has 98 heavy (non-hydrogen) atoms. The number of carbonyl (C=O) groups excluding carboxylic acids is 12. The van der Waals surface area contributed by atoms with Gasteiger partial charge in [-0.05, 0) is 119 Å². The molecule has 1 aromatic rings. The number of aryl methyl sites for hydroxylation is 1. The SMILES string of the molecule is CC[C@H](C)[C@@H]1NC(=O)[C@H](C)N(C)C(=O)C[C@@H](C(=O)N2CCCCC2)N(C)C(=O)[C@H](C2CCCCC2)N(C)C(=O)C2(CCCC2)NC(=O)C2CCCN2C(=O)[C@H](CCc2ccc(C(F)(F)F)c(F)c2)NC(=O)CN(C)C(=O)[C@H](CC2CCCCC2)N(C)C(=O)CN(C)C(=O)CN(C)C1=O. The van der Waals surface area contributed by atoms with Crippen molar-refractivity contribution in [3.63, 3.8) is 0 Å². The Morgan fingerprint density at radius 3 is 1.84 bits per heavy atom. The molecule has 3 saturated heterocycles. The average molecular weight is 1380 g/mol. The van der Waals surface area contributed by atoms with E-state index in [1.807, 2.05) is 6.92 Å². The predicted octanol–water partition coefficient (Wildman–Crippen LogP) is 4.88. The minimum Gasteiger partial charge on any atom is -0.343 e. The first-order valence-corrected chi connectivity index (χ1v) is 35.5. The summed E-state index contributed by atoms with van der Waals surface area (Å²) >= 11 is 0. The molecule has 1 spiro atoms. The van der Waals surface area contributed by atoms with Gasteiger partial charge in [0.2, 0.25) is 70.9 Å². The maximum Gasteiger partial charge on any atom is 0.419 e. The van der Waals surface area contributed by atoms with Crippen LogP contribution in [0.5, 0.6) is 0 Å². The largest absolute Gasteiger partial charge is 0.419 e. The van der Waals surface area contributed by atoms with Gasteiger partial charge in [0.1, 0.15) is 53.6 Å². The lowest BCUT2D eigenvalue weighted by atomic mass is 9.81. The lowest BCUT2D eigenvalue weighted by Gasteiger charge is -2.43. The molecule has 6 fully saturated rings. The number of benzene rings is 1. The van der Waals surface area contributed by atoms with Gasteiger partial charge in [0.15, 0.2) is 0 Å². The maximum atomic E-state index is 15.7. The van der Waals surface area contributed by atoms with Crippen molar-refractivity contribution >= 4 is 70.9 Å². The lowest BCUT2D eigenvalue weighted by molar-refractivity contribution is -0.157. The van der Waals surface area contributed by atoms with Crippen molar-refractivity contribution in [3.05, 3.63) is 35.1 Å². The Bertz CT molecular complexity index is 3060. The van der Waals surface area contributed by atoms with Crippen molar-refractivity contribution < 1.29 is 75.1 Å². The summed E-state index contributed by atoms with van der Waals surface area (Å²) < 4.78 is 56.2. The number of carbonyl (C=O) groups is 12. The van der Waals surface area contributed by atoms with Crippen molar-refractivity contribution in [1.29, 1.82) is 0 Å². The number of nitrogens with zero attached hydrogens (tertiary/aromatic N) is 9. The molecule has 0 radical (unpaired) electrons. The number of likely N-dealkylation sites (N-methyl/N-ethyl adjacent to an activating group) is 7. The molecular weight excluding hydrogens is 1280 g/mol. The van der Waals surface area contributed by atoms with Crippen LogP contribution >= 0.6 is 0 Å². The highest BCUT2D eigenvalue weighted by molar-refractivity contribution is 6.00. The van der Waals surface area contributed by atoms with Crippen LogP contribution in [0, 0.1) is 23.6 Å². The highest BCUT2D eigenvalue weighted by Crippen LogP contribution is 2.38. The maximum absolute atomic E-state index is 15.7. The Morgan fingerprint density at radius 2 is 1.22 bits per heavy atom. The number of alkyl halides is 3. The van der Waals surface area contributed by atoms with Gasteiger partial charge in [-0.1, -0.05) is 90.5 Å². The summed E-state index contributed by atoms with van der Waals surface area (Å²) in [5, 5.41) is 8.56. The molecule has 0 bridgehead atoms. The summed E-state index contributed by atoms with van der Waals surface area (Å²) in [6.45, 7) is 4.02. The Labute approximate surface area is 574 Å². The molecule has 3 saturated carbocycles. The van der Waals surface area contributed by atoms with Crippen LogP contribution in [0.15, 0.2) is 18.2 Å². The van der Waals surface area contributed by atoms with Crippen LogP contribution in [0.2, 0.25) is 0 Å². The summed E-state index contributed by atoms with van der Waals surface area (Å²) in [6.07, 6.45) is 6.18. The van der Waals surface area contributed by atoms with E-state index in [0.717, 1.165) is 83.5 Å². The molecule has 0 aromatic heterocycles. The van der Waals surface area contributed by atoms with Crippen LogP contribution in [-0.2, 0) is 70.1 Å². The van der Waals surface area contributed by atoms with Gasteiger partial charge in [-0.3, -0.25) is 57.5 Å². The molecule has 3 aliphatic carbocycles. The van der Waals surface area contributed by atoms with E-state index < -0.39 is 174 Å². The van der Waals surface area contributed by atoms with Gasteiger partial charge in [0.05, 0.1) is 31.6 Å². The number of hydrogen-bond donors (Lipinski definition) is 3. The van der Waals surface area contributed by atoms with E-state index in [0.29, 0.717) is 76.6 Å². The number of hydrogen-bond acceptors (Lipinski definition) is 12. The number of fused-ring (bicyclic) bond motifs is 1. The topological polar surface area (TPSA) is 270 Å². The Balaban J connectivity index is 1.27. The van der Waals surface area contributed by atoms with Crippen LogP contribution < -0.4 is 16.0 Å². The second kappa shape index (κ2) is 34.6. The molecule has 6 aliphatic rings. The minimum absolute atomic E-state index is 0.00126. The van der Waals surface area contributed by atoms with E-state index in [1.165, 1.54) is 75.9 Å². The molecule has 3 N–H and O–H groups in total. The van der Waals surface area contributed by atoms with Crippen molar-refractivity contribution in [2.75, 3.05) is 88.6 Å². The molecule has 546 valence electrons. The first-order valence-electron chi connectivity index (χ1n) is 35.5. The highest BCUT2D eigenvalue weighted by Gasteiger charge is 2.51. The zero-order valence-electron chi connectivity index (χ0n) is 59.2. The van der Waals surface area contributed by atoms with Gasteiger partial charge in [-0.2, -0.15) is 13.2 Å². The highest BCUT2D eigenvalue weighted by atomic mass is 19.4. The van der Waals surface area contributed by atoms with Crippen molar-refractivity contribution in [3.8, 4) is 0 Å². The summed E-state index contributed by atoms with van der Waals surface area (Å²) in [7, 11) is 9.82. The van der Waals surface area contributed by atoms with E-state index in [-0.39, 0.29) is 56.6 Å². The Kier molecular flexibility index (Phi) is 27.5. The summed E-state index contributed by atoms with van der Waals surface area (Å²) in [6, 6.07) is -6.55. The van der Waals surface area contributed by atoms with Crippen LogP contribution in [0.1, 0.15) is 180 Å². The Hall–Kier alpha value is -7.42. The standard InChI is InChI=1S/C70H106F4N12O12/c1-11-44(2)59-66(96)80(6)42-57(89)78(4)43-58(90)82(8)53(39-46-24-15-12-16-25-46)64(94)79(5)41-55(87)75-51(32-30-47-29-31-49(50(71)38-47)70(72,73)74)63(93)86-37-23-28-52(86)62(92)77-69(33-19-20-34-69)68(98)84(10)60(48-26-17-13-18-27-48)67(97)83(9)54(65(95)85-35-21-14-22-36-85)40-56(88)81(7)45(3)61(91)76-59/h29,31,38,44-46,48,51-54,59-60H,11-28,30,32-37,39-43H2,1-10H3,(H,75,87)(H,76,91)(H,77,92)/t44-,45-,51-,52?,53-,54-,59-,60-/m0/s1. The van der Waals surface area contributed by atoms with Gasteiger partial charge < -0.3 is 60.0 Å². The summed E-state index contributed by atoms with van der Waals surface area (Å²) in [5.74, 6) is -10.5. The van der Waals surface area contributed by atoms with Crippen LogP contribution in [0.4, 0.5) is 17.6 Å². The summed E-state index contributed by atoms with van der Waals surface area (Å²) in [4.78, 5) is 189. The lowest BCUT2D eigenvalue weighted by Crippen LogP contribution is -2.65. The zero-order chi connectivity index (χ0) is 72.1. The summed E-state index contributed by atoms with van der Waals surface area (Å²) in [5.41, 5.74) is -3.03. The number of rotatable bonds is 9. The van der Waals surface area contributed by atoms with Crippen molar-refractivity contribution in [2.45, 2.75) is 229 Å². The first-order chi connectivity index (χ1) is 46.3. The Morgan fingerprint density at radius 1 is 0.622 bits per heavy atom. The quantitative estimate of drug-likeness (QED) is 0.279. The van der Waals surface area contributed by atoms with E-state index >= 15 is 23.6 Å². The van der Waals surface area contributed by atoms with Crippen LogP contribution in [0.25, 0.3) is 0 Å². The number of piperidine rings is 1. The predicted molar refractivity (Wildman–Crippen MR) is 355 cm³/mol. The fourth-order valence-electron chi connectivity index (χ4n) is 15.2. The van der Waals surface area contributed by atoms with Crippen molar-refractivity contribution in [1.82, 2.24) is 60.0 Å². The second-order valence-electron chi connectivity index (χ2n) is 28.7. The third-order valence-electron chi connectivity index (χ3n) is 21.8. The van der Waals surface area contributed by atoms with Crippen LogP contribution in [0.3, 0.4) is 0 Å². The molecule has 1 unspecified atom stereocenters. The third-order valence-corrected chi connectivity index (χ3v) is 21.8. The average Bonchev–Trinajstić information content (AvgIpc) is 1.27. The van der Waals surface area contributed by atoms with E-state index in [1.54, 1.807) is 11.8 Å². The first kappa shape index (κ1) is 77.9. The molecule has 1 aromatic carbocycles. The third kappa shape index (κ3) is 19.1. The van der Waals surface area contributed by atoms with Crippen molar-refractivity contribution in [2.24, 2.45) is 17.8 Å². The normalized spacial score (nSPS) is 27.2. The fraction of sp³-hybridized carbons (Fsp3) is 0.743. The van der Waals surface area contributed by atoms with Gasteiger partial charge in [-0.15, -0.1) is 0 Å². The number of likely N-dealkylation sites (tertiary alicyclic amines) is 1. The van der Waals surface area contributed by atoms with Gasteiger partial charge >= 0.3 is 6.18 Å². The smallest absolute Gasteiger partial charge is 0.343 e. The second-order valence-corrected chi connectivity index (χ2v) is 28.7. The van der Waals surface area contributed by atoms with Gasteiger partial charge in [-0.25, -0.2) is 4.39 Å². The van der Waals surface area contributed by atoms with E-state index in [9.17, 15) is 51.5 Å².